The van der Waals surface area contributed by atoms with Crippen molar-refractivity contribution in [2.75, 3.05) is 7.11 Å². The summed E-state index contributed by atoms with van der Waals surface area (Å²) in [6.07, 6.45) is -6.83. The predicted molar refractivity (Wildman–Crippen MR) is 114 cm³/mol. The zero-order chi connectivity index (χ0) is 24.0. The molecule has 8 heteroatoms. The number of aliphatic hydroxyl groups excluding tert-OH is 1. The van der Waals surface area contributed by atoms with Gasteiger partial charge in [-0.25, -0.2) is 4.79 Å². The van der Waals surface area contributed by atoms with Gasteiger partial charge in [-0.05, 0) is 47.9 Å². The lowest BCUT2D eigenvalue weighted by atomic mass is 9.78. The standard InChI is InChI=1S/C25H21F3O5/c1-14-24(31,16-6-4-3-5-7-16)22(29)19-10-8-15(12-21(19)33-14)20-13-17(25(26,27)28)9-11-18(20)23(30)32-2/h3-14,22,29,31H,1-2H3/t14?,22-,24-/m0/s1. The predicted octanol–water partition coefficient (Wildman–Crippen LogP) is 4.86. The maximum absolute atomic E-state index is 13.3. The maximum Gasteiger partial charge on any atom is 0.416 e. The Kier molecular flexibility index (Phi) is 5.67. The van der Waals surface area contributed by atoms with Gasteiger partial charge in [-0.3, -0.25) is 0 Å². The fourth-order valence-corrected chi connectivity index (χ4v) is 4.11. The van der Waals surface area contributed by atoms with E-state index in [0.717, 1.165) is 25.3 Å². The van der Waals surface area contributed by atoms with Crippen LogP contribution in [0, 0.1) is 0 Å². The van der Waals surface area contributed by atoms with Gasteiger partial charge in [-0.1, -0.05) is 42.5 Å². The van der Waals surface area contributed by atoms with E-state index in [2.05, 4.69) is 0 Å². The van der Waals surface area contributed by atoms with Crippen LogP contribution in [0.2, 0.25) is 0 Å². The van der Waals surface area contributed by atoms with Crippen molar-refractivity contribution in [3.05, 3.63) is 89.0 Å². The van der Waals surface area contributed by atoms with E-state index in [-0.39, 0.29) is 28.0 Å². The van der Waals surface area contributed by atoms with Crippen LogP contribution in [0.25, 0.3) is 11.1 Å². The lowest BCUT2D eigenvalue weighted by molar-refractivity contribution is -0.155. The van der Waals surface area contributed by atoms with Crippen LogP contribution in [0.5, 0.6) is 5.75 Å². The first-order valence-electron chi connectivity index (χ1n) is 10.1. The Morgan fingerprint density at radius 3 is 2.39 bits per heavy atom. The molecule has 3 aromatic rings. The Bertz CT molecular complexity index is 1190. The largest absolute Gasteiger partial charge is 0.487 e. The molecule has 3 atom stereocenters. The molecular formula is C25H21F3O5. The van der Waals surface area contributed by atoms with Crippen molar-refractivity contribution >= 4 is 5.97 Å². The van der Waals surface area contributed by atoms with Crippen molar-refractivity contribution in [3.8, 4) is 16.9 Å². The Balaban J connectivity index is 1.82. The van der Waals surface area contributed by atoms with Gasteiger partial charge in [-0.15, -0.1) is 0 Å². The smallest absolute Gasteiger partial charge is 0.416 e. The number of alkyl halides is 3. The minimum Gasteiger partial charge on any atom is -0.487 e. The van der Waals surface area contributed by atoms with Gasteiger partial charge < -0.3 is 19.7 Å². The molecular weight excluding hydrogens is 437 g/mol. The van der Waals surface area contributed by atoms with Gasteiger partial charge in [0.15, 0.2) is 5.60 Å². The first kappa shape index (κ1) is 22.8. The number of carbonyl (C=O) groups is 1. The minimum atomic E-state index is -4.61. The van der Waals surface area contributed by atoms with Gasteiger partial charge in [0, 0.05) is 5.56 Å². The molecule has 0 saturated heterocycles. The second-order valence-corrected chi connectivity index (χ2v) is 7.86. The number of esters is 1. The average Bonchev–Trinajstić information content (AvgIpc) is 2.81. The van der Waals surface area contributed by atoms with Crippen LogP contribution in [0.15, 0.2) is 66.7 Å². The molecule has 4 rings (SSSR count). The number of fused-ring (bicyclic) bond motifs is 1. The van der Waals surface area contributed by atoms with E-state index in [0.29, 0.717) is 5.56 Å². The van der Waals surface area contributed by atoms with Gasteiger partial charge >= 0.3 is 12.1 Å². The van der Waals surface area contributed by atoms with E-state index >= 15 is 0 Å². The normalized spacial score (nSPS) is 22.3. The number of methoxy groups -OCH3 is 1. The number of hydrogen-bond acceptors (Lipinski definition) is 5. The summed E-state index contributed by atoms with van der Waals surface area (Å²) in [7, 11) is 1.14. The SMILES string of the molecule is COC(=O)c1ccc(C(F)(F)F)cc1-c1ccc2c(c1)OC(C)[C@](O)(c1ccccc1)[C@H]2O. The van der Waals surface area contributed by atoms with Crippen LogP contribution in [0.1, 0.15) is 40.1 Å². The fourth-order valence-electron chi connectivity index (χ4n) is 4.11. The molecule has 0 radical (unpaired) electrons. The van der Waals surface area contributed by atoms with Crippen LogP contribution < -0.4 is 4.74 Å². The highest BCUT2D eigenvalue weighted by Crippen LogP contribution is 2.48. The molecule has 5 nitrogen and oxygen atoms in total. The Labute approximate surface area is 188 Å². The summed E-state index contributed by atoms with van der Waals surface area (Å²) < 4.78 is 50.6. The fraction of sp³-hybridized carbons (Fsp3) is 0.240. The quantitative estimate of drug-likeness (QED) is 0.549. The number of rotatable bonds is 3. The molecule has 0 aliphatic carbocycles. The van der Waals surface area contributed by atoms with E-state index < -0.39 is 35.5 Å². The Morgan fingerprint density at radius 2 is 1.76 bits per heavy atom. The summed E-state index contributed by atoms with van der Waals surface area (Å²) in [4.78, 5) is 12.2. The molecule has 2 N–H and O–H groups in total. The third kappa shape index (κ3) is 3.85. The summed E-state index contributed by atoms with van der Waals surface area (Å²) >= 11 is 0. The maximum atomic E-state index is 13.3. The van der Waals surface area contributed by atoms with Gasteiger partial charge in [0.05, 0.1) is 18.2 Å². The molecule has 0 bridgehead atoms. The minimum absolute atomic E-state index is 0.00844. The summed E-state index contributed by atoms with van der Waals surface area (Å²) in [6.45, 7) is 1.59. The molecule has 0 aromatic heterocycles. The van der Waals surface area contributed by atoms with E-state index in [1.165, 1.54) is 18.2 Å². The molecule has 33 heavy (non-hydrogen) atoms. The first-order chi connectivity index (χ1) is 15.6. The molecule has 0 amide bonds. The highest BCUT2D eigenvalue weighted by atomic mass is 19.4. The molecule has 1 aliphatic rings. The van der Waals surface area contributed by atoms with E-state index in [1.807, 2.05) is 0 Å². The molecule has 0 spiro atoms. The molecule has 1 heterocycles. The van der Waals surface area contributed by atoms with Crippen LogP contribution in [-0.4, -0.2) is 29.4 Å². The Hall–Kier alpha value is -3.36. The van der Waals surface area contributed by atoms with Crippen molar-refractivity contribution in [1.29, 1.82) is 0 Å². The van der Waals surface area contributed by atoms with Gasteiger partial charge in [0.2, 0.25) is 0 Å². The monoisotopic (exact) mass is 458 g/mol. The summed E-state index contributed by atoms with van der Waals surface area (Å²) in [6, 6.07) is 15.7. The first-order valence-corrected chi connectivity index (χ1v) is 10.1. The van der Waals surface area contributed by atoms with Gasteiger partial charge in [-0.2, -0.15) is 13.2 Å². The second-order valence-electron chi connectivity index (χ2n) is 7.86. The molecule has 0 saturated carbocycles. The third-order valence-electron chi connectivity index (χ3n) is 5.95. The number of ether oxygens (including phenoxy) is 2. The molecule has 172 valence electrons. The van der Waals surface area contributed by atoms with Crippen LogP contribution in [-0.2, 0) is 16.5 Å². The van der Waals surface area contributed by atoms with Gasteiger partial charge in [0.25, 0.3) is 0 Å². The lowest BCUT2D eigenvalue weighted by Crippen LogP contribution is -2.49. The molecule has 3 aromatic carbocycles. The molecule has 1 unspecified atom stereocenters. The van der Waals surface area contributed by atoms with Crippen LogP contribution >= 0.6 is 0 Å². The zero-order valence-corrected chi connectivity index (χ0v) is 17.8. The van der Waals surface area contributed by atoms with Crippen molar-refractivity contribution < 1.29 is 37.7 Å². The van der Waals surface area contributed by atoms with Crippen molar-refractivity contribution in [1.82, 2.24) is 0 Å². The number of hydrogen-bond donors (Lipinski definition) is 2. The summed E-state index contributed by atoms with van der Waals surface area (Å²) in [5, 5.41) is 22.4. The lowest BCUT2D eigenvalue weighted by Gasteiger charge is -2.43. The molecule has 1 aliphatic heterocycles. The van der Waals surface area contributed by atoms with Crippen LogP contribution in [0.3, 0.4) is 0 Å². The summed E-state index contributed by atoms with van der Waals surface area (Å²) in [5.41, 5.74) is -1.69. The number of benzene rings is 3. The number of carbonyl (C=O) groups excluding carboxylic acids is 1. The second kappa shape index (κ2) is 8.20. The summed E-state index contributed by atoms with van der Waals surface area (Å²) in [5.74, 6) is -0.592. The third-order valence-corrected chi connectivity index (χ3v) is 5.95. The number of aliphatic hydroxyl groups is 2. The molecule has 0 fully saturated rings. The number of halogens is 3. The van der Waals surface area contributed by atoms with E-state index in [9.17, 15) is 28.2 Å². The van der Waals surface area contributed by atoms with E-state index in [1.54, 1.807) is 37.3 Å². The highest BCUT2D eigenvalue weighted by molar-refractivity contribution is 5.97. The van der Waals surface area contributed by atoms with Gasteiger partial charge in [0.1, 0.15) is 18.0 Å². The zero-order valence-electron chi connectivity index (χ0n) is 17.8. The van der Waals surface area contributed by atoms with E-state index in [4.69, 9.17) is 9.47 Å². The average molecular weight is 458 g/mol. The topological polar surface area (TPSA) is 76.0 Å². The van der Waals surface area contributed by atoms with Crippen LogP contribution in [0.4, 0.5) is 13.2 Å². The Morgan fingerprint density at radius 1 is 1.06 bits per heavy atom. The van der Waals surface area contributed by atoms with Crippen molar-refractivity contribution in [2.24, 2.45) is 0 Å². The van der Waals surface area contributed by atoms with Crippen molar-refractivity contribution in [2.45, 2.75) is 30.9 Å². The highest BCUT2D eigenvalue weighted by Gasteiger charge is 2.49. The van der Waals surface area contributed by atoms with Crippen molar-refractivity contribution in [3.63, 3.8) is 0 Å².